The van der Waals surface area contributed by atoms with Gasteiger partial charge in [0.05, 0.1) is 36.5 Å². The van der Waals surface area contributed by atoms with Crippen LogP contribution in [0.15, 0.2) is 46.5 Å². The number of oxime groups is 1. The van der Waals surface area contributed by atoms with E-state index in [1.165, 1.54) is 7.11 Å². The molecule has 0 aliphatic heterocycles. The number of ether oxygens (including phenoxy) is 1. The van der Waals surface area contributed by atoms with Crippen molar-refractivity contribution in [3.05, 3.63) is 58.1 Å². The summed E-state index contributed by atoms with van der Waals surface area (Å²) in [5.74, 6) is 0.196. The molecule has 2 aromatic carbocycles. The van der Waals surface area contributed by atoms with E-state index < -0.39 is 5.91 Å². The summed E-state index contributed by atoms with van der Waals surface area (Å²) < 4.78 is 5.15. The molecular formula is C24H30ClN5O4. The highest BCUT2D eigenvalue weighted by molar-refractivity contribution is 6.34. The van der Waals surface area contributed by atoms with Gasteiger partial charge in [-0.25, -0.2) is 4.99 Å². The lowest BCUT2D eigenvalue weighted by Crippen LogP contribution is -2.27. The zero-order valence-electron chi connectivity index (χ0n) is 20.0. The zero-order valence-corrected chi connectivity index (χ0v) is 20.8. The van der Waals surface area contributed by atoms with Gasteiger partial charge in [0.1, 0.15) is 18.7 Å². The SMILES string of the molecule is CON=C(CC(=O)N=C(N)Cc1cc(C)c(NC(=O)CN(C)C)c(Cl)c1)c1ccc(OC)cc1. The van der Waals surface area contributed by atoms with Crippen LogP contribution in [0.4, 0.5) is 5.69 Å². The standard InChI is InChI=1S/C24H30ClN5O4/c1-15-10-16(11-19(25)24(15)28-23(32)14-30(2)3)12-21(26)27-22(31)13-20(29-34-5)17-6-8-18(33-4)9-7-17/h6-11H,12-14H2,1-5H3,(H,28,32)(H2,26,27,31). The fourth-order valence-corrected chi connectivity index (χ4v) is 3.55. The van der Waals surface area contributed by atoms with E-state index in [9.17, 15) is 9.59 Å². The smallest absolute Gasteiger partial charge is 0.253 e. The summed E-state index contributed by atoms with van der Waals surface area (Å²) in [6.45, 7) is 2.08. The van der Waals surface area contributed by atoms with E-state index in [1.54, 1.807) is 42.3 Å². The van der Waals surface area contributed by atoms with Crippen LogP contribution in [0.25, 0.3) is 0 Å². The molecular weight excluding hydrogens is 458 g/mol. The minimum absolute atomic E-state index is 0.0858. The van der Waals surface area contributed by atoms with Crippen LogP contribution in [0, 0.1) is 6.92 Å². The topological polar surface area (TPSA) is 119 Å². The molecule has 0 aromatic heterocycles. The van der Waals surface area contributed by atoms with Gasteiger partial charge in [0.15, 0.2) is 0 Å². The lowest BCUT2D eigenvalue weighted by atomic mass is 10.1. The minimum atomic E-state index is -0.459. The fourth-order valence-electron chi connectivity index (χ4n) is 3.21. The highest BCUT2D eigenvalue weighted by atomic mass is 35.5. The second-order valence-electron chi connectivity index (χ2n) is 7.85. The van der Waals surface area contributed by atoms with Crippen molar-refractivity contribution in [3.8, 4) is 5.75 Å². The average Bonchev–Trinajstić information content (AvgIpc) is 2.75. The molecule has 3 N–H and O–H groups in total. The van der Waals surface area contributed by atoms with Crippen LogP contribution in [-0.2, 0) is 20.8 Å². The van der Waals surface area contributed by atoms with E-state index in [0.29, 0.717) is 27.7 Å². The number of amides is 2. The Kier molecular flexibility index (Phi) is 10.0. The Morgan fingerprint density at radius 3 is 2.38 bits per heavy atom. The number of nitrogens with zero attached hydrogens (tertiary/aromatic N) is 3. The first-order chi connectivity index (χ1) is 16.1. The molecule has 0 atom stereocenters. The van der Waals surface area contributed by atoms with Crippen molar-refractivity contribution in [2.75, 3.05) is 40.2 Å². The monoisotopic (exact) mass is 487 g/mol. The number of aryl methyl sites for hydroxylation is 1. The Bertz CT molecular complexity index is 1060. The van der Waals surface area contributed by atoms with Crippen molar-refractivity contribution < 1.29 is 19.2 Å². The maximum atomic E-state index is 12.5. The van der Waals surface area contributed by atoms with E-state index >= 15 is 0 Å². The second kappa shape index (κ2) is 12.7. The fraction of sp³-hybridized carbons (Fsp3) is 0.333. The Hall–Kier alpha value is -3.43. The van der Waals surface area contributed by atoms with Crippen molar-refractivity contribution in [1.29, 1.82) is 0 Å². The summed E-state index contributed by atoms with van der Waals surface area (Å²) in [4.78, 5) is 35.2. The van der Waals surface area contributed by atoms with Gasteiger partial charge < -0.3 is 25.5 Å². The highest BCUT2D eigenvalue weighted by Crippen LogP contribution is 2.28. The molecule has 2 amide bonds. The van der Waals surface area contributed by atoms with E-state index in [1.807, 2.05) is 27.1 Å². The van der Waals surface area contributed by atoms with E-state index in [-0.39, 0.29) is 31.1 Å². The number of carbonyl (C=O) groups is 2. The van der Waals surface area contributed by atoms with Crippen LogP contribution in [0.1, 0.15) is 23.1 Å². The Balaban J connectivity index is 2.10. The molecule has 0 unspecified atom stereocenters. The van der Waals surface area contributed by atoms with Crippen LogP contribution in [0.3, 0.4) is 0 Å². The number of nitrogens with one attached hydrogen (secondary N) is 1. The van der Waals surface area contributed by atoms with Crippen molar-refractivity contribution >= 4 is 40.6 Å². The molecule has 0 bridgehead atoms. The molecule has 0 saturated carbocycles. The van der Waals surface area contributed by atoms with Gasteiger partial charge in [-0.3, -0.25) is 9.59 Å². The van der Waals surface area contributed by atoms with Crippen molar-refractivity contribution in [2.24, 2.45) is 15.9 Å². The Morgan fingerprint density at radius 1 is 1.15 bits per heavy atom. The second-order valence-corrected chi connectivity index (χ2v) is 8.26. The maximum absolute atomic E-state index is 12.5. The number of halogens is 1. The predicted octanol–water partition coefficient (Wildman–Crippen LogP) is 3.02. The summed E-state index contributed by atoms with van der Waals surface area (Å²) in [5, 5.41) is 7.15. The van der Waals surface area contributed by atoms with Gasteiger partial charge in [0.25, 0.3) is 5.91 Å². The molecule has 9 nitrogen and oxygen atoms in total. The molecule has 0 radical (unpaired) electrons. The number of aliphatic imine (C=N–C) groups is 1. The van der Waals surface area contributed by atoms with Crippen molar-refractivity contribution in [1.82, 2.24) is 4.90 Å². The third-order valence-electron chi connectivity index (χ3n) is 4.67. The van der Waals surface area contributed by atoms with Gasteiger partial charge in [0.2, 0.25) is 5.91 Å². The molecule has 0 aliphatic carbocycles. The summed E-state index contributed by atoms with van der Waals surface area (Å²) in [6, 6.07) is 10.6. The third kappa shape index (κ3) is 8.17. The van der Waals surface area contributed by atoms with Crippen LogP contribution < -0.4 is 15.8 Å². The Labute approximate surface area is 204 Å². The average molecular weight is 488 g/mol. The zero-order chi connectivity index (χ0) is 25.3. The summed E-state index contributed by atoms with van der Waals surface area (Å²) in [7, 11) is 6.59. The number of nitrogens with two attached hydrogens (primary N) is 1. The van der Waals surface area contributed by atoms with Crippen LogP contribution in [0.2, 0.25) is 5.02 Å². The largest absolute Gasteiger partial charge is 0.497 e. The third-order valence-corrected chi connectivity index (χ3v) is 4.97. The van der Waals surface area contributed by atoms with Crippen LogP contribution in [-0.4, -0.2) is 63.1 Å². The number of methoxy groups -OCH3 is 1. The number of benzene rings is 2. The maximum Gasteiger partial charge on any atom is 0.253 e. The van der Waals surface area contributed by atoms with Gasteiger partial charge in [0, 0.05) is 12.0 Å². The predicted molar refractivity (Wildman–Crippen MR) is 135 cm³/mol. The number of likely N-dealkylation sites (N-methyl/N-ethyl adjacent to an activating group) is 1. The normalized spacial score (nSPS) is 12.0. The molecule has 2 rings (SSSR count). The number of hydrogen-bond acceptors (Lipinski definition) is 6. The van der Waals surface area contributed by atoms with E-state index in [0.717, 1.165) is 11.1 Å². The molecule has 0 saturated heterocycles. The van der Waals surface area contributed by atoms with Crippen LogP contribution >= 0.6 is 11.6 Å². The van der Waals surface area contributed by atoms with E-state index in [4.69, 9.17) is 26.9 Å². The van der Waals surface area contributed by atoms with E-state index in [2.05, 4.69) is 15.5 Å². The van der Waals surface area contributed by atoms with Crippen molar-refractivity contribution in [2.45, 2.75) is 19.8 Å². The summed E-state index contributed by atoms with van der Waals surface area (Å²) in [5.41, 5.74) is 9.25. The highest BCUT2D eigenvalue weighted by Gasteiger charge is 2.14. The quantitative estimate of drug-likeness (QED) is 0.302. The molecule has 0 aliphatic rings. The number of amidine groups is 1. The number of rotatable bonds is 10. The van der Waals surface area contributed by atoms with Crippen LogP contribution in [0.5, 0.6) is 5.75 Å². The lowest BCUT2D eigenvalue weighted by Gasteiger charge is -2.14. The summed E-state index contributed by atoms with van der Waals surface area (Å²) >= 11 is 6.38. The molecule has 0 fully saturated rings. The van der Waals surface area contributed by atoms with Gasteiger partial charge in [-0.15, -0.1) is 0 Å². The number of anilines is 1. The lowest BCUT2D eigenvalue weighted by molar-refractivity contribution is -0.117. The first-order valence-electron chi connectivity index (χ1n) is 10.5. The molecule has 2 aromatic rings. The van der Waals surface area contributed by atoms with Gasteiger partial charge in [-0.2, -0.15) is 0 Å². The van der Waals surface area contributed by atoms with Gasteiger partial charge in [-0.1, -0.05) is 22.8 Å². The molecule has 10 heteroatoms. The molecule has 0 spiro atoms. The molecule has 34 heavy (non-hydrogen) atoms. The van der Waals surface area contributed by atoms with Crippen molar-refractivity contribution in [3.63, 3.8) is 0 Å². The Morgan fingerprint density at radius 2 is 1.82 bits per heavy atom. The van der Waals surface area contributed by atoms with Gasteiger partial charge >= 0.3 is 0 Å². The number of hydrogen-bond donors (Lipinski definition) is 2. The molecule has 182 valence electrons. The minimum Gasteiger partial charge on any atom is -0.497 e. The first kappa shape index (κ1) is 26.8. The number of carbonyl (C=O) groups excluding carboxylic acids is 2. The van der Waals surface area contributed by atoms with Gasteiger partial charge in [-0.05, 0) is 62.5 Å². The molecule has 0 heterocycles. The first-order valence-corrected chi connectivity index (χ1v) is 10.8. The summed E-state index contributed by atoms with van der Waals surface area (Å²) in [6.07, 6.45) is 0.134.